The topological polar surface area (TPSA) is 20.2 Å². The Kier molecular flexibility index (Phi) is 15.7. The van der Waals surface area contributed by atoms with Gasteiger partial charge in [0.2, 0.25) is 0 Å². The fourth-order valence-corrected chi connectivity index (χ4v) is 0.112. The normalized spacial score (nSPS) is 7.00. The Hall–Kier alpha value is 0.960. The summed E-state index contributed by atoms with van der Waals surface area (Å²) in [6, 6.07) is 0. The molecule has 0 atom stereocenters. The van der Waals surface area contributed by atoms with Gasteiger partial charge < -0.3 is 5.11 Å². The summed E-state index contributed by atoms with van der Waals surface area (Å²) in [7, 11) is 0. The van der Waals surface area contributed by atoms with Gasteiger partial charge in [-0.2, -0.15) is 0 Å². The third-order valence-corrected chi connectivity index (χ3v) is 0.408. The van der Waals surface area contributed by atoms with Crippen molar-refractivity contribution in [2.45, 2.75) is 12.8 Å². The van der Waals surface area contributed by atoms with E-state index in [-0.39, 0.29) is 36.2 Å². The minimum absolute atomic E-state index is 0. The van der Waals surface area contributed by atoms with Crippen molar-refractivity contribution in [3.8, 4) is 0 Å². The van der Waals surface area contributed by atoms with Crippen molar-refractivity contribution >= 4 is 29.6 Å². The van der Waals surface area contributed by atoms with Crippen LogP contribution in [0.4, 0.5) is 0 Å². The van der Waals surface area contributed by atoms with Crippen LogP contribution in [0, 0.1) is 6.92 Å². The van der Waals surface area contributed by atoms with Gasteiger partial charge >= 0.3 is 29.6 Å². The molecule has 1 radical (unpaired) electrons. The second-order valence-corrected chi connectivity index (χ2v) is 0.931. The van der Waals surface area contributed by atoms with Gasteiger partial charge in [0.25, 0.3) is 0 Å². The van der Waals surface area contributed by atoms with Gasteiger partial charge in [0.05, 0.1) is 0 Å². The van der Waals surface area contributed by atoms with E-state index in [0.717, 1.165) is 12.8 Å². The quantitative estimate of drug-likeness (QED) is 0.479. The van der Waals surface area contributed by atoms with E-state index < -0.39 is 0 Å². The average molecular weight is 97.1 g/mol. The molecule has 0 saturated heterocycles. The van der Waals surface area contributed by atoms with Crippen LogP contribution in [0.1, 0.15) is 12.8 Å². The predicted molar refractivity (Wildman–Crippen MR) is 28.8 cm³/mol. The van der Waals surface area contributed by atoms with E-state index >= 15 is 0 Å². The van der Waals surface area contributed by atoms with Crippen LogP contribution in [0.2, 0.25) is 0 Å². The summed E-state index contributed by atoms with van der Waals surface area (Å²) in [5.41, 5.74) is 0. The van der Waals surface area contributed by atoms with E-state index in [1.54, 1.807) is 0 Å². The molecule has 0 heterocycles. The predicted octanol–water partition coefficient (Wildman–Crippen LogP) is -0.0555. The van der Waals surface area contributed by atoms with Crippen molar-refractivity contribution in [3.63, 3.8) is 0 Å². The van der Waals surface area contributed by atoms with Crippen LogP contribution in [0.15, 0.2) is 0 Å². The van der Waals surface area contributed by atoms with Gasteiger partial charge in [0.15, 0.2) is 0 Å². The molecule has 1 nitrogen and oxygen atoms in total. The summed E-state index contributed by atoms with van der Waals surface area (Å²) < 4.78 is 0. The van der Waals surface area contributed by atoms with Crippen molar-refractivity contribution in [2.24, 2.45) is 0 Å². The molecule has 0 aromatic rings. The Labute approximate surface area is 61.0 Å². The van der Waals surface area contributed by atoms with E-state index in [0.29, 0.717) is 0 Å². The first kappa shape index (κ1) is 10.0. The molecular formula is C4H10NaO. The molecule has 6 heavy (non-hydrogen) atoms. The van der Waals surface area contributed by atoms with Crippen LogP contribution in [-0.2, 0) is 0 Å². The van der Waals surface area contributed by atoms with E-state index in [9.17, 15) is 0 Å². The summed E-state index contributed by atoms with van der Waals surface area (Å²) in [6.07, 6.45) is 1.68. The van der Waals surface area contributed by atoms with Crippen molar-refractivity contribution in [1.29, 1.82) is 0 Å². The molecule has 0 spiro atoms. The summed E-state index contributed by atoms with van der Waals surface area (Å²) >= 11 is 0. The van der Waals surface area contributed by atoms with Crippen LogP contribution in [0.3, 0.4) is 0 Å². The van der Waals surface area contributed by atoms with Gasteiger partial charge in [-0.15, -0.1) is 0 Å². The second-order valence-electron chi connectivity index (χ2n) is 0.931. The molecular weight excluding hydrogens is 87.0 g/mol. The molecule has 0 amide bonds. The maximum absolute atomic E-state index is 8.03. The van der Waals surface area contributed by atoms with E-state index in [2.05, 4.69) is 6.92 Å². The molecule has 0 saturated carbocycles. The zero-order valence-electron chi connectivity index (χ0n) is 3.28. The Morgan fingerprint density at radius 3 is 2.00 bits per heavy atom. The Morgan fingerprint density at radius 2 is 2.00 bits per heavy atom. The number of aliphatic hydroxyl groups is 1. The molecule has 1 N–H and O–H groups in total. The number of aliphatic hydroxyl groups excluding tert-OH is 1. The van der Waals surface area contributed by atoms with Gasteiger partial charge in [-0.25, -0.2) is 0 Å². The Morgan fingerprint density at radius 1 is 1.50 bits per heavy atom. The van der Waals surface area contributed by atoms with Crippen molar-refractivity contribution in [2.75, 3.05) is 6.61 Å². The standard InChI is InChI=1S/C4H9O.Na.H/c1-2-3-4-5;;/h5H,1-4H2;;. The second kappa shape index (κ2) is 9.35. The fourth-order valence-electron chi connectivity index (χ4n) is 0.112. The number of rotatable bonds is 2. The first-order valence-electron chi connectivity index (χ1n) is 1.82. The molecule has 0 aromatic heterocycles. The summed E-state index contributed by atoms with van der Waals surface area (Å²) in [5.74, 6) is 0. The zero-order chi connectivity index (χ0) is 4.12. The first-order chi connectivity index (χ1) is 2.41. The van der Waals surface area contributed by atoms with E-state index in [4.69, 9.17) is 5.11 Å². The molecule has 0 fully saturated rings. The monoisotopic (exact) mass is 97.1 g/mol. The van der Waals surface area contributed by atoms with Crippen LogP contribution in [0.5, 0.6) is 0 Å². The Bertz CT molecular complexity index is 15.0. The molecule has 33 valence electrons. The van der Waals surface area contributed by atoms with Gasteiger partial charge in [0, 0.05) is 6.61 Å². The maximum atomic E-state index is 8.03. The van der Waals surface area contributed by atoms with Crippen LogP contribution in [0.25, 0.3) is 0 Å². The van der Waals surface area contributed by atoms with E-state index in [1.807, 2.05) is 0 Å². The summed E-state index contributed by atoms with van der Waals surface area (Å²) in [6.45, 7) is 3.80. The molecule has 2 heteroatoms. The van der Waals surface area contributed by atoms with Gasteiger partial charge in [-0.3, -0.25) is 0 Å². The molecule has 0 aliphatic carbocycles. The number of unbranched alkanes of at least 4 members (excludes halogenated alkanes) is 1. The van der Waals surface area contributed by atoms with Gasteiger partial charge in [-0.1, -0.05) is 13.3 Å². The van der Waals surface area contributed by atoms with Crippen molar-refractivity contribution in [3.05, 3.63) is 6.92 Å². The summed E-state index contributed by atoms with van der Waals surface area (Å²) in [5, 5.41) is 8.03. The molecule has 0 aliphatic rings. The third kappa shape index (κ3) is 8.88. The van der Waals surface area contributed by atoms with Crippen molar-refractivity contribution < 1.29 is 5.11 Å². The molecule has 0 bridgehead atoms. The third-order valence-electron chi connectivity index (χ3n) is 0.408. The number of hydrogen-bond donors (Lipinski definition) is 1. The Balaban J connectivity index is 0. The minimum atomic E-state index is 0. The molecule has 0 aliphatic heterocycles. The first-order valence-corrected chi connectivity index (χ1v) is 1.82. The van der Waals surface area contributed by atoms with Crippen LogP contribution >= 0.6 is 0 Å². The SMILES string of the molecule is [CH2]CCCO.[NaH]. The summed E-state index contributed by atoms with van der Waals surface area (Å²) in [4.78, 5) is 0. The molecule has 0 unspecified atom stereocenters. The van der Waals surface area contributed by atoms with Crippen LogP contribution in [-0.4, -0.2) is 41.3 Å². The van der Waals surface area contributed by atoms with Gasteiger partial charge in [-0.05, 0) is 6.42 Å². The molecule has 0 rings (SSSR count). The molecule has 0 aromatic carbocycles. The van der Waals surface area contributed by atoms with Crippen molar-refractivity contribution in [1.82, 2.24) is 0 Å². The number of hydrogen-bond acceptors (Lipinski definition) is 1. The fraction of sp³-hybridized carbons (Fsp3) is 0.750. The zero-order valence-corrected chi connectivity index (χ0v) is 3.28. The average Bonchev–Trinajstić information content (AvgIpc) is 1.41. The van der Waals surface area contributed by atoms with Gasteiger partial charge in [0.1, 0.15) is 0 Å². The van der Waals surface area contributed by atoms with Crippen LogP contribution < -0.4 is 0 Å². The van der Waals surface area contributed by atoms with E-state index in [1.165, 1.54) is 0 Å².